The molecule has 0 aliphatic carbocycles. The Kier molecular flexibility index (Phi) is 4.18. The van der Waals surface area contributed by atoms with Crippen molar-refractivity contribution >= 4 is 17.1 Å². The lowest BCUT2D eigenvalue weighted by atomic mass is 10.0. The van der Waals surface area contributed by atoms with Crippen LogP contribution in [0.25, 0.3) is 28.0 Å². The van der Waals surface area contributed by atoms with Crippen LogP contribution in [-0.2, 0) is 4.74 Å². The molecular weight excluding hydrogens is 378 g/mol. The molecule has 28 heavy (non-hydrogen) atoms. The molecule has 7 nitrogen and oxygen atoms in total. The molecule has 1 aliphatic rings. The van der Waals surface area contributed by atoms with Gasteiger partial charge in [-0.05, 0) is 24.6 Å². The number of benzene rings is 1. The van der Waals surface area contributed by atoms with Gasteiger partial charge in [0.1, 0.15) is 5.69 Å². The molecule has 1 atom stereocenters. The van der Waals surface area contributed by atoms with Gasteiger partial charge in [-0.1, -0.05) is 23.7 Å². The molecule has 0 N–H and O–H groups in total. The van der Waals surface area contributed by atoms with Crippen molar-refractivity contribution in [2.75, 3.05) is 13.2 Å². The first-order valence-electron chi connectivity index (χ1n) is 8.97. The van der Waals surface area contributed by atoms with Gasteiger partial charge in [-0.15, -0.1) is 0 Å². The Bertz CT molecular complexity index is 1230. The van der Waals surface area contributed by atoms with Gasteiger partial charge in [-0.2, -0.15) is 10.2 Å². The molecule has 140 valence electrons. The Morgan fingerprint density at radius 2 is 2.11 bits per heavy atom. The number of rotatable bonds is 3. The molecule has 1 aromatic carbocycles. The Balaban J connectivity index is 1.76. The molecule has 1 unspecified atom stereocenters. The molecule has 1 saturated heterocycles. The summed E-state index contributed by atoms with van der Waals surface area (Å²) in [5, 5.41) is 10.0. The van der Waals surface area contributed by atoms with Gasteiger partial charge in [0.05, 0.1) is 35.6 Å². The van der Waals surface area contributed by atoms with Crippen LogP contribution in [0.1, 0.15) is 12.5 Å². The summed E-state index contributed by atoms with van der Waals surface area (Å²) < 4.78 is 8.71. The smallest absolute Gasteiger partial charge is 0.267 e. The zero-order valence-electron chi connectivity index (χ0n) is 14.8. The number of hydrogen-bond acceptors (Lipinski definition) is 5. The molecule has 1 aliphatic heterocycles. The van der Waals surface area contributed by atoms with E-state index in [0.29, 0.717) is 23.9 Å². The van der Waals surface area contributed by atoms with Crippen molar-refractivity contribution < 1.29 is 4.74 Å². The van der Waals surface area contributed by atoms with Gasteiger partial charge in [-0.25, -0.2) is 9.20 Å². The molecule has 3 aromatic heterocycles. The van der Waals surface area contributed by atoms with Crippen molar-refractivity contribution in [2.45, 2.75) is 12.5 Å². The fourth-order valence-corrected chi connectivity index (χ4v) is 3.72. The number of fused-ring (bicyclic) bond motifs is 1. The molecule has 4 heterocycles. The van der Waals surface area contributed by atoms with E-state index in [1.165, 1.54) is 4.68 Å². The van der Waals surface area contributed by atoms with Gasteiger partial charge in [-0.3, -0.25) is 9.78 Å². The van der Waals surface area contributed by atoms with Gasteiger partial charge in [0.25, 0.3) is 5.56 Å². The minimum Gasteiger partial charge on any atom is -0.379 e. The van der Waals surface area contributed by atoms with Crippen LogP contribution in [0.3, 0.4) is 0 Å². The summed E-state index contributed by atoms with van der Waals surface area (Å²) in [5.41, 5.74) is 3.73. The fraction of sp³-hybridized carbons (Fsp3) is 0.200. The summed E-state index contributed by atoms with van der Waals surface area (Å²) in [6.45, 7) is 1.13. The van der Waals surface area contributed by atoms with Crippen LogP contribution >= 0.6 is 11.6 Å². The van der Waals surface area contributed by atoms with Crippen LogP contribution in [0.5, 0.6) is 0 Å². The topological polar surface area (TPSA) is 74.3 Å². The molecule has 4 aromatic rings. The van der Waals surface area contributed by atoms with Crippen molar-refractivity contribution in [2.24, 2.45) is 0 Å². The number of hydrogen-bond donors (Lipinski definition) is 0. The van der Waals surface area contributed by atoms with Crippen LogP contribution in [-0.4, -0.2) is 37.6 Å². The molecule has 0 spiro atoms. The van der Waals surface area contributed by atoms with Crippen LogP contribution in [0.4, 0.5) is 0 Å². The summed E-state index contributed by atoms with van der Waals surface area (Å²) in [4.78, 5) is 16.6. The standard InChI is InChI=1S/C20H16ClN5O2/c21-14-3-1-2-13(10-14)20-19(17-11-22-7-8-25(17)24-20)16-4-5-18(27)26(23-16)15-6-9-28-12-15/h1-5,7-8,10-11,15H,6,9,12H2. The maximum atomic E-state index is 12.4. The van der Waals surface area contributed by atoms with Crippen molar-refractivity contribution in [3.05, 3.63) is 70.4 Å². The van der Waals surface area contributed by atoms with Gasteiger partial charge < -0.3 is 4.74 Å². The molecular formula is C20H16ClN5O2. The van der Waals surface area contributed by atoms with E-state index in [-0.39, 0.29) is 11.6 Å². The fourth-order valence-electron chi connectivity index (χ4n) is 3.53. The number of ether oxygens (including phenoxy) is 1. The highest BCUT2D eigenvalue weighted by atomic mass is 35.5. The van der Waals surface area contributed by atoms with Crippen molar-refractivity contribution in [1.82, 2.24) is 24.4 Å². The van der Waals surface area contributed by atoms with E-state index in [2.05, 4.69) is 10.1 Å². The summed E-state index contributed by atoms with van der Waals surface area (Å²) in [6.07, 6.45) is 5.98. The molecule has 0 radical (unpaired) electrons. The largest absolute Gasteiger partial charge is 0.379 e. The average molecular weight is 394 g/mol. The highest BCUT2D eigenvalue weighted by molar-refractivity contribution is 6.30. The van der Waals surface area contributed by atoms with Crippen molar-refractivity contribution in [3.63, 3.8) is 0 Å². The third kappa shape index (κ3) is 2.89. The minimum absolute atomic E-state index is 0.0537. The van der Waals surface area contributed by atoms with Crippen molar-refractivity contribution in [3.8, 4) is 22.5 Å². The predicted octanol–water partition coefficient (Wildman–Crippen LogP) is 3.23. The maximum Gasteiger partial charge on any atom is 0.267 e. The molecule has 0 bridgehead atoms. The summed E-state index contributed by atoms with van der Waals surface area (Å²) in [6, 6.07) is 10.7. The Morgan fingerprint density at radius 1 is 1.18 bits per heavy atom. The lowest BCUT2D eigenvalue weighted by Crippen LogP contribution is -2.27. The average Bonchev–Trinajstić information content (AvgIpc) is 3.36. The Labute approximate surface area is 165 Å². The third-order valence-electron chi connectivity index (χ3n) is 4.87. The Hall–Kier alpha value is -3.03. The Morgan fingerprint density at radius 3 is 2.93 bits per heavy atom. The van der Waals surface area contributed by atoms with Gasteiger partial charge >= 0.3 is 0 Å². The van der Waals surface area contributed by atoms with E-state index < -0.39 is 0 Å². The first kappa shape index (κ1) is 17.1. The lowest BCUT2D eigenvalue weighted by molar-refractivity contribution is 0.183. The van der Waals surface area contributed by atoms with E-state index in [0.717, 1.165) is 28.8 Å². The molecule has 5 rings (SSSR count). The quantitative estimate of drug-likeness (QED) is 0.534. The van der Waals surface area contributed by atoms with Crippen LogP contribution in [0.15, 0.2) is 59.8 Å². The minimum atomic E-state index is -0.141. The summed E-state index contributed by atoms with van der Waals surface area (Å²) >= 11 is 6.20. The molecule has 0 amide bonds. The SMILES string of the molecule is O=c1ccc(-c2c(-c3cccc(Cl)c3)nn3ccncc23)nn1C1CCOC1. The highest BCUT2D eigenvalue weighted by Gasteiger charge is 2.23. The van der Waals surface area contributed by atoms with Crippen LogP contribution in [0, 0.1) is 0 Å². The normalized spacial score (nSPS) is 16.7. The number of halogens is 1. The second-order valence-corrected chi connectivity index (χ2v) is 7.10. The summed E-state index contributed by atoms with van der Waals surface area (Å²) in [7, 11) is 0. The molecule has 8 heteroatoms. The van der Waals surface area contributed by atoms with Gasteiger partial charge in [0.15, 0.2) is 0 Å². The van der Waals surface area contributed by atoms with E-state index in [1.807, 2.05) is 24.3 Å². The van der Waals surface area contributed by atoms with E-state index >= 15 is 0 Å². The van der Waals surface area contributed by atoms with Gasteiger partial charge in [0, 0.05) is 35.7 Å². The molecule has 1 fully saturated rings. The second-order valence-electron chi connectivity index (χ2n) is 6.66. The van der Waals surface area contributed by atoms with E-state index in [9.17, 15) is 4.79 Å². The monoisotopic (exact) mass is 393 g/mol. The number of nitrogens with zero attached hydrogens (tertiary/aromatic N) is 5. The van der Waals surface area contributed by atoms with E-state index in [1.54, 1.807) is 35.2 Å². The van der Waals surface area contributed by atoms with Crippen LogP contribution in [0.2, 0.25) is 5.02 Å². The third-order valence-corrected chi connectivity index (χ3v) is 5.10. The van der Waals surface area contributed by atoms with Crippen LogP contribution < -0.4 is 5.56 Å². The highest BCUT2D eigenvalue weighted by Crippen LogP contribution is 2.34. The summed E-state index contributed by atoms with van der Waals surface area (Å²) in [5.74, 6) is 0. The van der Waals surface area contributed by atoms with Crippen molar-refractivity contribution in [1.29, 1.82) is 0 Å². The van der Waals surface area contributed by atoms with E-state index in [4.69, 9.17) is 21.4 Å². The number of aromatic nitrogens is 5. The predicted molar refractivity (Wildman–Crippen MR) is 105 cm³/mol. The first-order valence-corrected chi connectivity index (χ1v) is 9.35. The molecule has 0 saturated carbocycles. The van der Waals surface area contributed by atoms with Gasteiger partial charge in [0.2, 0.25) is 0 Å². The maximum absolute atomic E-state index is 12.4. The zero-order valence-corrected chi connectivity index (χ0v) is 15.6. The second kappa shape index (κ2) is 6.85. The zero-order chi connectivity index (χ0) is 19.1. The lowest BCUT2D eigenvalue weighted by Gasteiger charge is -2.12. The first-order chi connectivity index (χ1) is 13.7.